The summed E-state index contributed by atoms with van der Waals surface area (Å²) in [6, 6.07) is 33.9. The maximum absolute atomic E-state index is 15.3. The standard InChI is InChI=1S/C48H36BrNO6/c1-25(2)31-8-6-9-32(26(3)4)46(31)50-47(52)36-22-39(55-29-14-12-27(24-51)13-15-29)43-34-11-7-10-33-38(49)21-20-35(41(33)34)44-40(23-37(48(50)53)42(36)45(43)44)56-30-18-16-28(54-5)17-19-30/h6-26H,1-5H3. The summed E-state index contributed by atoms with van der Waals surface area (Å²) in [7, 11) is 1.61. The third-order valence-corrected chi connectivity index (χ3v) is 11.5. The highest BCUT2D eigenvalue weighted by atomic mass is 79.9. The summed E-state index contributed by atoms with van der Waals surface area (Å²) in [5, 5.41) is 6.46. The van der Waals surface area contributed by atoms with Gasteiger partial charge in [0.1, 0.15) is 35.0 Å². The van der Waals surface area contributed by atoms with Gasteiger partial charge in [0.25, 0.3) is 11.8 Å². The minimum Gasteiger partial charge on any atom is -0.497 e. The number of hydrogen-bond donors (Lipinski definition) is 0. The topological polar surface area (TPSA) is 82.1 Å². The Morgan fingerprint density at radius 1 is 0.571 bits per heavy atom. The lowest BCUT2D eigenvalue weighted by Gasteiger charge is -2.33. The number of nitrogens with zero attached hydrogens (tertiary/aromatic N) is 1. The summed E-state index contributed by atoms with van der Waals surface area (Å²) >= 11 is 3.79. The van der Waals surface area contributed by atoms with Gasteiger partial charge in [0.15, 0.2) is 0 Å². The molecule has 1 aliphatic heterocycles. The molecule has 0 radical (unpaired) electrons. The number of fused-ring (bicyclic) bond motifs is 2. The van der Waals surface area contributed by atoms with Gasteiger partial charge in [-0.25, -0.2) is 4.90 Å². The minimum absolute atomic E-state index is 0.0274. The van der Waals surface area contributed by atoms with Crippen LogP contribution in [-0.4, -0.2) is 25.2 Å². The molecule has 0 aromatic heterocycles. The maximum atomic E-state index is 15.3. The lowest BCUT2D eigenvalue weighted by Crippen LogP contribution is -2.42. The Labute approximate surface area is 331 Å². The molecule has 0 fully saturated rings. The summed E-state index contributed by atoms with van der Waals surface area (Å²) in [5.74, 6) is 1.81. The fraction of sp³-hybridized carbons (Fsp3) is 0.146. The van der Waals surface area contributed by atoms with Gasteiger partial charge in [0.2, 0.25) is 0 Å². The van der Waals surface area contributed by atoms with Gasteiger partial charge < -0.3 is 14.2 Å². The Bertz CT molecular complexity index is 2890. The van der Waals surface area contributed by atoms with Crippen molar-refractivity contribution in [3.63, 3.8) is 0 Å². The molecule has 1 heterocycles. The summed E-state index contributed by atoms with van der Waals surface area (Å²) in [6.07, 6.45) is 0.784. The molecule has 0 aliphatic carbocycles. The Morgan fingerprint density at radius 2 is 1.07 bits per heavy atom. The molecule has 8 aromatic rings. The van der Waals surface area contributed by atoms with Gasteiger partial charge in [-0.3, -0.25) is 14.4 Å². The van der Waals surface area contributed by atoms with Gasteiger partial charge in [-0.05, 0) is 111 Å². The number of methoxy groups -OCH3 is 1. The zero-order valence-corrected chi connectivity index (χ0v) is 33.0. The van der Waals surface area contributed by atoms with Crippen molar-refractivity contribution in [3.8, 4) is 28.7 Å². The van der Waals surface area contributed by atoms with Gasteiger partial charge in [-0.2, -0.15) is 0 Å². The minimum atomic E-state index is -0.431. The van der Waals surface area contributed by atoms with Crippen molar-refractivity contribution in [1.29, 1.82) is 0 Å². The van der Waals surface area contributed by atoms with E-state index in [0.29, 0.717) is 61.9 Å². The molecular weight excluding hydrogens is 766 g/mol. The van der Waals surface area contributed by atoms with Crippen LogP contribution in [0.4, 0.5) is 5.69 Å². The molecule has 0 saturated carbocycles. The highest BCUT2D eigenvalue weighted by Crippen LogP contribution is 2.53. The van der Waals surface area contributed by atoms with Crippen molar-refractivity contribution in [2.75, 3.05) is 12.0 Å². The average Bonchev–Trinajstić information content (AvgIpc) is 3.20. The van der Waals surface area contributed by atoms with E-state index in [2.05, 4.69) is 55.8 Å². The lowest BCUT2D eigenvalue weighted by atomic mass is 9.83. The van der Waals surface area contributed by atoms with Crippen LogP contribution in [0.3, 0.4) is 0 Å². The number of anilines is 1. The SMILES string of the molecule is COc1ccc(Oc2cc3c4c(cc(Oc5ccc(C=O)cc5)c5c6cccc7c(Br)ccc(c2c45)c76)C(=O)N(c2c(C(C)C)cccc2C(C)C)C3=O)cc1. The van der Waals surface area contributed by atoms with Crippen LogP contribution in [0.5, 0.6) is 28.7 Å². The van der Waals surface area contributed by atoms with Crippen LogP contribution in [0.1, 0.15) is 81.7 Å². The number of para-hydroxylation sites is 1. The molecule has 8 heteroatoms. The summed E-state index contributed by atoms with van der Waals surface area (Å²) in [6.45, 7) is 8.28. The van der Waals surface area contributed by atoms with Crippen molar-refractivity contribution in [2.24, 2.45) is 0 Å². The number of rotatable bonds is 9. The molecule has 0 N–H and O–H groups in total. The molecule has 276 valence electrons. The van der Waals surface area contributed by atoms with Crippen molar-refractivity contribution in [2.45, 2.75) is 39.5 Å². The van der Waals surface area contributed by atoms with E-state index in [-0.39, 0.29) is 11.8 Å². The summed E-state index contributed by atoms with van der Waals surface area (Å²) in [4.78, 5) is 43.4. The predicted molar refractivity (Wildman–Crippen MR) is 226 cm³/mol. The van der Waals surface area contributed by atoms with Gasteiger partial charge in [-0.15, -0.1) is 0 Å². The van der Waals surface area contributed by atoms with Crippen LogP contribution in [0.2, 0.25) is 0 Å². The van der Waals surface area contributed by atoms with Gasteiger partial charge in [0, 0.05) is 31.6 Å². The molecule has 0 spiro atoms. The number of aldehydes is 1. The second-order valence-corrected chi connectivity index (χ2v) is 15.6. The smallest absolute Gasteiger partial charge is 0.266 e. The number of benzene rings is 8. The molecule has 0 unspecified atom stereocenters. The van der Waals surface area contributed by atoms with E-state index in [1.54, 1.807) is 43.5 Å². The zero-order chi connectivity index (χ0) is 39.0. The van der Waals surface area contributed by atoms with Crippen molar-refractivity contribution < 1.29 is 28.6 Å². The lowest BCUT2D eigenvalue weighted by molar-refractivity contribution is 0.0892. The highest BCUT2D eigenvalue weighted by Gasteiger charge is 2.40. The van der Waals surface area contributed by atoms with E-state index in [0.717, 1.165) is 54.2 Å². The van der Waals surface area contributed by atoms with E-state index in [9.17, 15) is 4.79 Å². The number of carbonyl (C=O) groups is 3. The number of hydrogen-bond acceptors (Lipinski definition) is 6. The average molecular weight is 803 g/mol. The molecule has 9 rings (SSSR count). The molecule has 0 atom stereocenters. The maximum Gasteiger partial charge on any atom is 0.266 e. The van der Waals surface area contributed by atoms with Gasteiger partial charge in [-0.1, -0.05) is 86.1 Å². The van der Waals surface area contributed by atoms with Crippen molar-refractivity contribution in [3.05, 3.63) is 141 Å². The van der Waals surface area contributed by atoms with Crippen LogP contribution in [0.25, 0.3) is 43.1 Å². The quantitative estimate of drug-likeness (QED) is 0.0626. The molecule has 0 bridgehead atoms. The molecular formula is C48H36BrNO6. The normalized spacial score (nSPS) is 12.9. The molecule has 56 heavy (non-hydrogen) atoms. The monoisotopic (exact) mass is 801 g/mol. The Kier molecular flexibility index (Phi) is 8.54. The Hall–Kier alpha value is -6.25. The fourth-order valence-corrected chi connectivity index (χ4v) is 8.69. The number of halogens is 1. The van der Waals surface area contributed by atoms with Crippen LogP contribution >= 0.6 is 15.9 Å². The molecule has 7 nitrogen and oxygen atoms in total. The van der Waals surface area contributed by atoms with Crippen molar-refractivity contribution in [1.82, 2.24) is 0 Å². The van der Waals surface area contributed by atoms with E-state index in [1.165, 1.54) is 4.90 Å². The number of imide groups is 1. The largest absolute Gasteiger partial charge is 0.497 e. The third kappa shape index (κ3) is 5.42. The first kappa shape index (κ1) is 35.5. The first-order chi connectivity index (χ1) is 27.1. The van der Waals surface area contributed by atoms with E-state index >= 15 is 9.59 Å². The first-order valence-electron chi connectivity index (χ1n) is 18.6. The molecule has 8 aromatic carbocycles. The summed E-state index contributed by atoms with van der Waals surface area (Å²) < 4.78 is 19.9. The Balaban J connectivity index is 1.44. The van der Waals surface area contributed by atoms with E-state index in [4.69, 9.17) is 14.2 Å². The Morgan fingerprint density at radius 3 is 1.61 bits per heavy atom. The number of ether oxygens (including phenoxy) is 3. The molecule has 1 aliphatic rings. The van der Waals surface area contributed by atoms with Crippen LogP contribution in [0, 0.1) is 0 Å². The summed E-state index contributed by atoms with van der Waals surface area (Å²) in [5.41, 5.74) is 3.62. The second kappa shape index (κ2) is 13.5. The van der Waals surface area contributed by atoms with Crippen LogP contribution in [0.15, 0.2) is 114 Å². The molecule has 0 saturated heterocycles. The van der Waals surface area contributed by atoms with Gasteiger partial charge in [0.05, 0.1) is 23.9 Å². The van der Waals surface area contributed by atoms with Crippen LogP contribution in [-0.2, 0) is 0 Å². The molecule has 2 amide bonds. The second-order valence-electron chi connectivity index (χ2n) is 14.8. The van der Waals surface area contributed by atoms with Crippen molar-refractivity contribution >= 4 is 82.8 Å². The number of carbonyl (C=O) groups excluding carboxylic acids is 3. The number of amides is 2. The first-order valence-corrected chi connectivity index (χ1v) is 19.3. The zero-order valence-electron chi connectivity index (χ0n) is 31.4. The fourth-order valence-electron chi connectivity index (χ4n) is 8.23. The third-order valence-electron chi connectivity index (χ3n) is 10.8. The van der Waals surface area contributed by atoms with Gasteiger partial charge >= 0.3 is 0 Å². The van der Waals surface area contributed by atoms with E-state index in [1.807, 2.05) is 60.7 Å². The highest BCUT2D eigenvalue weighted by molar-refractivity contribution is 9.10. The van der Waals surface area contributed by atoms with E-state index < -0.39 is 11.8 Å². The predicted octanol–water partition coefficient (Wildman–Crippen LogP) is 13.0. The van der Waals surface area contributed by atoms with Crippen LogP contribution < -0.4 is 19.1 Å².